The topological polar surface area (TPSA) is 24.9 Å². The molecule has 1 aromatic heterocycles. The highest BCUT2D eigenvalue weighted by Crippen LogP contribution is 2.19. The minimum absolute atomic E-state index is 0.742. The Balaban J connectivity index is 2.47. The van der Waals surface area contributed by atoms with Crippen LogP contribution in [0.2, 0.25) is 0 Å². The van der Waals surface area contributed by atoms with Gasteiger partial charge in [0, 0.05) is 11.9 Å². The summed E-state index contributed by atoms with van der Waals surface area (Å²) in [7, 11) is 0. The number of para-hydroxylation sites is 1. The van der Waals surface area contributed by atoms with Gasteiger partial charge in [-0.2, -0.15) is 0 Å². The lowest BCUT2D eigenvalue weighted by atomic mass is 10.1. The summed E-state index contributed by atoms with van der Waals surface area (Å²) < 4.78 is 0. The van der Waals surface area contributed by atoms with Crippen LogP contribution in [0.25, 0.3) is 10.9 Å². The first-order valence-electron chi connectivity index (χ1n) is 5.02. The summed E-state index contributed by atoms with van der Waals surface area (Å²) >= 11 is 0. The second kappa shape index (κ2) is 4.13. The molecular weight excluding hydrogens is 184 g/mol. The first-order valence-corrected chi connectivity index (χ1v) is 5.02. The van der Waals surface area contributed by atoms with Crippen LogP contribution < -0.4 is 5.32 Å². The van der Waals surface area contributed by atoms with E-state index < -0.39 is 0 Å². The van der Waals surface area contributed by atoms with Crippen molar-refractivity contribution in [1.82, 2.24) is 4.98 Å². The number of benzene rings is 1. The van der Waals surface area contributed by atoms with Gasteiger partial charge in [-0.15, -0.1) is 6.58 Å². The smallest absolute Gasteiger partial charge is 0.129 e. The molecule has 1 aromatic carbocycles. The third-order valence-corrected chi connectivity index (χ3v) is 2.33. The number of pyridine rings is 1. The largest absolute Gasteiger partial charge is 0.366 e. The van der Waals surface area contributed by atoms with Gasteiger partial charge in [-0.05, 0) is 24.6 Å². The Morgan fingerprint density at radius 2 is 2.20 bits per heavy atom. The van der Waals surface area contributed by atoms with Crippen molar-refractivity contribution in [2.75, 3.05) is 11.9 Å². The summed E-state index contributed by atoms with van der Waals surface area (Å²) in [6.45, 7) is 6.48. The average Bonchev–Trinajstić information content (AvgIpc) is 2.26. The maximum atomic E-state index is 4.55. The summed E-state index contributed by atoms with van der Waals surface area (Å²) in [6, 6.07) is 10.3. The predicted octanol–water partition coefficient (Wildman–Crippen LogP) is 3.14. The van der Waals surface area contributed by atoms with Crippen LogP contribution in [-0.2, 0) is 0 Å². The molecule has 2 rings (SSSR count). The summed E-state index contributed by atoms with van der Waals surface area (Å²) in [5.74, 6) is 0.939. The molecule has 0 atom stereocenters. The molecule has 1 heterocycles. The van der Waals surface area contributed by atoms with Crippen molar-refractivity contribution in [3.8, 4) is 0 Å². The number of aryl methyl sites for hydroxylation is 1. The Morgan fingerprint density at radius 1 is 1.40 bits per heavy atom. The van der Waals surface area contributed by atoms with Gasteiger partial charge in [0.25, 0.3) is 0 Å². The van der Waals surface area contributed by atoms with Gasteiger partial charge in [0.2, 0.25) is 0 Å². The normalized spacial score (nSPS) is 10.2. The van der Waals surface area contributed by atoms with Crippen LogP contribution in [0, 0.1) is 6.92 Å². The number of nitrogens with zero attached hydrogens (tertiary/aromatic N) is 1. The molecule has 0 spiro atoms. The molecule has 0 unspecified atom stereocenters. The zero-order valence-corrected chi connectivity index (χ0v) is 8.83. The third kappa shape index (κ3) is 1.99. The quantitative estimate of drug-likeness (QED) is 0.766. The van der Waals surface area contributed by atoms with Crippen molar-refractivity contribution in [2.24, 2.45) is 0 Å². The molecule has 2 heteroatoms. The first-order chi connectivity index (χ1) is 7.31. The van der Waals surface area contributed by atoms with E-state index in [4.69, 9.17) is 0 Å². The second-order valence-electron chi connectivity index (χ2n) is 3.52. The Kier molecular flexibility index (Phi) is 2.68. The van der Waals surface area contributed by atoms with E-state index in [9.17, 15) is 0 Å². The molecule has 2 aromatic rings. The van der Waals surface area contributed by atoms with Gasteiger partial charge in [0.1, 0.15) is 5.82 Å². The number of hydrogen-bond donors (Lipinski definition) is 1. The van der Waals surface area contributed by atoms with Crippen LogP contribution in [0.1, 0.15) is 5.56 Å². The van der Waals surface area contributed by atoms with E-state index in [1.165, 1.54) is 5.39 Å². The van der Waals surface area contributed by atoms with Gasteiger partial charge < -0.3 is 5.32 Å². The zero-order valence-electron chi connectivity index (χ0n) is 8.83. The van der Waals surface area contributed by atoms with E-state index in [1.54, 1.807) is 0 Å². The number of nitrogens with one attached hydrogen (secondary N) is 1. The molecule has 1 N–H and O–H groups in total. The minimum atomic E-state index is 0.742. The standard InChI is InChI=1S/C13H14N2/c1-3-8-14-13-10(2)9-11-6-4-5-7-12(11)15-13/h3-7,9H,1,8H2,2H3,(H,14,15). The Bertz CT molecular complexity index is 489. The molecule has 15 heavy (non-hydrogen) atoms. The fourth-order valence-electron chi connectivity index (χ4n) is 1.57. The Morgan fingerprint density at radius 3 is 3.00 bits per heavy atom. The SMILES string of the molecule is C=CCNc1nc2ccccc2cc1C. The highest BCUT2D eigenvalue weighted by molar-refractivity contribution is 5.81. The van der Waals surface area contributed by atoms with Gasteiger partial charge in [-0.25, -0.2) is 4.98 Å². The molecular formula is C13H14N2. The highest BCUT2D eigenvalue weighted by atomic mass is 15.0. The molecule has 0 amide bonds. The fourth-order valence-corrected chi connectivity index (χ4v) is 1.57. The number of rotatable bonds is 3. The van der Waals surface area contributed by atoms with Crippen LogP contribution in [0.4, 0.5) is 5.82 Å². The fraction of sp³-hybridized carbons (Fsp3) is 0.154. The van der Waals surface area contributed by atoms with Gasteiger partial charge in [0.15, 0.2) is 0 Å². The summed E-state index contributed by atoms with van der Waals surface area (Å²) in [4.78, 5) is 4.55. The third-order valence-electron chi connectivity index (χ3n) is 2.33. The maximum Gasteiger partial charge on any atom is 0.129 e. The molecule has 76 valence electrons. The highest BCUT2D eigenvalue weighted by Gasteiger charge is 2.01. The van der Waals surface area contributed by atoms with Crippen molar-refractivity contribution in [1.29, 1.82) is 0 Å². The van der Waals surface area contributed by atoms with Crippen molar-refractivity contribution in [2.45, 2.75) is 6.92 Å². The van der Waals surface area contributed by atoms with Crippen molar-refractivity contribution in [3.63, 3.8) is 0 Å². The van der Waals surface area contributed by atoms with E-state index in [-0.39, 0.29) is 0 Å². The molecule has 0 aliphatic carbocycles. The average molecular weight is 198 g/mol. The van der Waals surface area contributed by atoms with E-state index in [1.807, 2.05) is 24.3 Å². The molecule has 0 aliphatic heterocycles. The number of aromatic nitrogens is 1. The molecule has 0 saturated heterocycles. The Hall–Kier alpha value is -1.83. The number of anilines is 1. The first kappa shape index (κ1) is 9.71. The molecule has 0 aliphatic rings. The number of fused-ring (bicyclic) bond motifs is 1. The molecule has 2 nitrogen and oxygen atoms in total. The van der Waals surface area contributed by atoms with Crippen LogP contribution in [0.15, 0.2) is 43.0 Å². The van der Waals surface area contributed by atoms with E-state index in [0.29, 0.717) is 0 Å². The number of hydrogen-bond acceptors (Lipinski definition) is 2. The van der Waals surface area contributed by atoms with Crippen molar-refractivity contribution in [3.05, 3.63) is 48.6 Å². The maximum absolute atomic E-state index is 4.55. The molecule has 0 radical (unpaired) electrons. The zero-order chi connectivity index (χ0) is 10.7. The van der Waals surface area contributed by atoms with E-state index >= 15 is 0 Å². The van der Waals surface area contributed by atoms with E-state index in [2.05, 4.69) is 35.9 Å². The van der Waals surface area contributed by atoms with Gasteiger partial charge >= 0.3 is 0 Å². The van der Waals surface area contributed by atoms with E-state index in [0.717, 1.165) is 23.4 Å². The molecule has 0 saturated carbocycles. The van der Waals surface area contributed by atoms with Crippen LogP contribution in [0.5, 0.6) is 0 Å². The van der Waals surface area contributed by atoms with Crippen LogP contribution in [0.3, 0.4) is 0 Å². The molecule has 0 bridgehead atoms. The predicted molar refractivity (Wildman–Crippen MR) is 65.2 cm³/mol. The lowest BCUT2D eigenvalue weighted by Gasteiger charge is -2.07. The Labute approximate surface area is 89.7 Å². The monoisotopic (exact) mass is 198 g/mol. The molecule has 0 fully saturated rings. The second-order valence-corrected chi connectivity index (χ2v) is 3.52. The summed E-state index contributed by atoms with van der Waals surface area (Å²) in [5.41, 5.74) is 2.19. The van der Waals surface area contributed by atoms with Crippen molar-refractivity contribution < 1.29 is 0 Å². The summed E-state index contributed by atoms with van der Waals surface area (Å²) in [6.07, 6.45) is 1.83. The van der Waals surface area contributed by atoms with Gasteiger partial charge in [-0.3, -0.25) is 0 Å². The van der Waals surface area contributed by atoms with Crippen molar-refractivity contribution >= 4 is 16.7 Å². The van der Waals surface area contributed by atoms with Crippen LogP contribution >= 0.6 is 0 Å². The van der Waals surface area contributed by atoms with Gasteiger partial charge in [0.05, 0.1) is 5.52 Å². The lowest BCUT2D eigenvalue weighted by molar-refractivity contribution is 1.23. The van der Waals surface area contributed by atoms with Crippen LogP contribution in [-0.4, -0.2) is 11.5 Å². The lowest BCUT2D eigenvalue weighted by Crippen LogP contribution is -2.02. The summed E-state index contributed by atoms with van der Waals surface area (Å²) in [5, 5.41) is 4.41. The minimum Gasteiger partial charge on any atom is -0.366 e. The van der Waals surface area contributed by atoms with Gasteiger partial charge in [-0.1, -0.05) is 24.3 Å².